The van der Waals surface area contributed by atoms with Gasteiger partial charge in [-0.25, -0.2) is 0 Å². The third-order valence-electron chi connectivity index (χ3n) is 3.74. The maximum absolute atomic E-state index is 12.2. The van der Waals surface area contributed by atoms with Gasteiger partial charge in [-0.1, -0.05) is 17.7 Å². The second-order valence-electron chi connectivity index (χ2n) is 5.68. The van der Waals surface area contributed by atoms with E-state index in [1.165, 1.54) is 0 Å². The number of hydrazine groups is 1. The van der Waals surface area contributed by atoms with Crippen molar-refractivity contribution < 1.29 is 14.3 Å². The fraction of sp³-hybridized carbons (Fsp3) is 0.0500. The van der Waals surface area contributed by atoms with E-state index in [1.807, 2.05) is 0 Å². The van der Waals surface area contributed by atoms with Gasteiger partial charge in [-0.3, -0.25) is 25.4 Å². The summed E-state index contributed by atoms with van der Waals surface area (Å²) in [4.78, 5) is 28.3. The molecule has 0 aliphatic heterocycles. The van der Waals surface area contributed by atoms with Crippen LogP contribution in [0.5, 0.6) is 11.5 Å². The molecule has 0 saturated carbocycles. The van der Waals surface area contributed by atoms with Gasteiger partial charge in [0.2, 0.25) is 0 Å². The van der Waals surface area contributed by atoms with Crippen LogP contribution >= 0.6 is 11.6 Å². The third kappa shape index (κ3) is 4.83. The van der Waals surface area contributed by atoms with E-state index >= 15 is 0 Å². The molecule has 27 heavy (non-hydrogen) atoms. The molecular formula is C20H16ClN3O3. The standard InChI is InChI=1S/C20H16ClN3O3/c1-13-2-5-15(21)12-18(13)20(26)24-23-19(25)14-3-6-16(7-4-14)27-17-8-10-22-11-9-17/h2-12H,1H3,(H,23,25)(H,24,26). The van der Waals surface area contributed by atoms with Crippen LogP contribution in [0.1, 0.15) is 26.3 Å². The lowest BCUT2D eigenvalue weighted by Crippen LogP contribution is -2.41. The number of hydrogen-bond acceptors (Lipinski definition) is 4. The van der Waals surface area contributed by atoms with Crippen molar-refractivity contribution in [2.24, 2.45) is 0 Å². The van der Waals surface area contributed by atoms with Gasteiger partial charge in [-0.15, -0.1) is 0 Å². The monoisotopic (exact) mass is 381 g/mol. The summed E-state index contributed by atoms with van der Waals surface area (Å²) in [5.74, 6) is 0.335. The smallest absolute Gasteiger partial charge is 0.270 e. The Bertz CT molecular complexity index is 960. The highest BCUT2D eigenvalue weighted by Gasteiger charge is 2.12. The van der Waals surface area contributed by atoms with Crippen LogP contribution in [-0.2, 0) is 0 Å². The van der Waals surface area contributed by atoms with Crippen LogP contribution in [-0.4, -0.2) is 16.8 Å². The number of pyridine rings is 1. The van der Waals surface area contributed by atoms with Crippen LogP contribution in [0.2, 0.25) is 5.02 Å². The number of ether oxygens (including phenoxy) is 1. The van der Waals surface area contributed by atoms with Crippen molar-refractivity contribution in [3.05, 3.63) is 88.7 Å². The molecule has 1 heterocycles. The Balaban J connectivity index is 1.59. The van der Waals surface area contributed by atoms with Gasteiger partial charge in [0.15, 0.2) is 0 Å². The van der Waals surface area contributed by atoms with Crippen molar-refractivity contribution in [3.63, 3.8) is 0 Å². The number of rotatable bonds is 4. The van der Waals surface area contributed by atoms with Gasteiger partial charge in [-0.2, -0.15) is 0 Å². The summed E-state index contributed by atoms with van der Waals surface area (Å²) >= 11 is 5.91. The maximum atomic E-state index is 12.2. The van der Waals surface area contributed by atoms with E-state index in [2.05, 4.69) is 15.8 Å². The van der Waals surface area contributed by atoms with Crippen LogP contribution in [0.15, 0.2) is 67.0 Å². The van der Waals surface area contributed by atoms with Crippen molar-refractivity contribution in [3.8, 4) is 11.5 Å². The molecule has 3 rings (SSSR count). The number of nitrogens with one attached hydrogen (secondary N) is 2. The fourth-order valence-electron chi connectivity index (χ4n) is 2.31. The van der Waals surface area contributed by atoms with Gasteiger partial charge in [0, 0.05) is 28.5 Å². The molecule has 0 saturated heterocycles. The van der Waals surface area contributed by atoms with Gasteiger partial charge in [0.1, 0.15) is 11.5 Å². The summed E-state index contributed by atoms with van der Waals surface area (Å²) < 4.78 is 5.64. The molecule has 0 fully saturated rings. The van der Waals surface area contributed by atoms with Gasteiger partial charge in [-0.05, 0) is 61.0 Å². The van der Waals surface area contributed by atoms with Crippen molar-refractivity contribution in [1.82, 2.24) is 15.8 Å². The average molecular weight is 382 g/mol. The van der Waals surface area contributed by atoms with Crippen molar-refractivity contribution >= 4 is 23.4 Å². The molecule has 0 radical (unpaired) electrons. The number of hydrogen-bond donors (Lipinski definition) is 2. The quantitative estimate of drug-likeness (QED) is 0.671. The summed E-state index contributed by atoms with van der Waals surface area (Å²) in [7, 11) is 0. The first kappa shape index (κ1) is 18.4. The van der Waals surface area contributed by atoms with E-state index in [-0.39, 0.29) is 0 Å². The van der Waals surface area contributed by atoms with E-state index in [0.29, 0.717) is 27.6 Å². The number of aromatic nitrogens is 1. The number of halogens is 1. The second-order valence-corrected chi connectivity index (χ2v) is 6.11. The van der Waals surface area contributed by atoms with Crippen LogP contribution in [0.25, 0.3) is 0 Å². The van der Waals surface area contributed by atoms with E-state index in [1.54, 1.807) is 73.9 Å². The zero-order valence-corrected chi connectivity index (χ0v) is 15.2. The highest BCUT2D eigenvalue weighted by Crippen LogP contribution is 2.20. The molecular weight excluding hydrogens is 366 g/mol. The second kappa shape index (κ2) is 8.33. The van der Waals surface area contributed by atoms with Crippen LogP contribution in [0, 0.1) is 6.92 Å². The summed E-state index contributed by atoms with van der Waals surface area (Å²) in [6.45, 7) is 1.79. The maximum Gasteiger partial charge on any atom is 0.270 e. The average Bonchev–Trinajstić information content (AvgIpc) is 2.69. The van der Waals surface area contributed by atoms with Crippen LogP contribution < -0.4 is 15.6 Å². The molecule has 3 aromatic rings. The normalized spacial score (nSPS) is 10.1. The Kier molecular flexibility index (Phi) is 5.68. The molecule has 0 aliphatic carbocycles. The molecule has 0 atom stereocenters. The highest BCUT2D eigenvalue weighted by molar-refractivity contribution is 6.31. The Morgan fingerprint density at radius 3 is 2.22 bits per heavy atom. The summed E-state index contributed by atoms with van der Waals surface area (Å²) in [6.07, 6.45) is 3.25. The lowest BCUT2D eigenvalue weighted by Gasteiger charge is -2.10. The van der Waals surface area contributed by atoms with Crippen LogP contribution in [0.4, 0.5) is 0 Å². The number of carbonyl (C=O) groups is 2. The molecule has 0 unspecified atom stereocenters. The van der Waals surface area contributed by atoms with E-state index in [0.717, 1.165) is 5.56 Å². The molecule has 2 aromatic carbocycles. The third-order valence-corrected chi connectivity index (χ3v) is 3.97. The summed E-state index contributed by atoms with van der Waals surface area (Å²) in [6, 6.07) is 15.0. The first-order valence-electron chi connectivity index (χ1n) is 8.08. The van der Waals surface area contributed by atoms with Gasteiger partial charge in [0.05, 0.1) is 0 Å². The van der Waals surface area contributed by atoms with Crippen LogP contribution in [0.3, 0.4) is 0 Å². The van der Waals surface area contributed by atoms with Crippen molar-refractivity contribution in [2.75, 3.05) is 0 Å². The largest absolute Gasteiger partial charge is 0.457 e. The van der Waals surface area contributed by atoms with E-state index < -0.39 is 11.8 Å². The summed E-state index contributed by atoms with van der Waals surface area (Å²) in [5, 5.41) is 0.446. The minimum atomic E-state index is -0.446. The molecule has 0 spiro atoms. The molecule has 6 nitrogen and oxygen atoms in total. The zero-order chi connectivity index (χ0) is 19.2. The minimum absolute atomic E-state index is 0.375. The highest BCUT2D eigenvalue weighted by atomic mass is 35.5. The predicted molar refractivity (Wildman–Crippen MR) is 102 cm³/mol. The first-order valence-corrected chi connectivity index (χ1v) is 8.45. The molecule has 2 N–H and O–H groups in total. The Morgan fingerprint density at radius 2 is 1.52 bits per heavy atom. The molecule has 0 bridgehead atoms. The molecule has 2 amide bonds. The summed E-state index contributed by atoms with van der Waals surface area (Å²) in [5.41, 5.74) is 6.29. The minimum Gasteiger partial charge on any atom is -0.457 e. The lowest BCUT2D eigenvalue weighted by atomic mass is 10.1. The van der Waals surface area contributed by atoms with Crippen molar-refractivity contribution in [1.29, 1.82) is 0 Å². The SMILES string of the molecule is Cc1ccc(Cl)cc1C(=O)NNC(=O)c1ccc(Oc2ccncc2)cc1. The fourth-order valence-corrected chi connectivity index (χ4v) is 2.48. The number of aryl methyl sites for hydroxylation is 1. The number of amides is 2. The van der Waals surface area contributed by atoms with Crippen molar-refractivity contribution in [2.45, 2.75) is 6.92 Å². The molecule has 0 aliphatic rings. The van der Waals surface area contributed by atoms with E-state index in [4.69, 9.17) is 16.3 Å². The van der Waals surface area contributed by atoms with Gasteiger partial charge in [0.25, 0.3) is 11.8 Å². The Morgan fingerprint density at radius 1 is 0.889 bits per heavy atom. The van der Waals surface area contributed by atoms with Gasteiger partial charge < -0.3 is 4.74 Å². The number of benzene rings is 2. The number of nitrogens with zero attached hydrogens (tertiary/aromatic N) is 1. The number of carbonyl (C=O) groups excluding carboxylic acids is 2. The lowest BCUT2D eigenvalue weighted by molar-refractivity contribution is 0.0846. The predicted octanol–water partition coefficient (Wildman–Crippen LogP) is 3.91. The van der Waals surface area contributed by atoms with E-state index in [9.17, 15) is 9.59 Å². The molecule has 7 heteroatoms. The molecule has 136 valence electrons. The first-order chi connectivity index (χ1) is 13.0. The Hall–Kier alpha value is -3.38. The molecule has 1 aromatic heterocycles. The topological polar surface area (TPSA) is 80.3 Å². The zero-order valence-electron chi connectivity index (χ0n) is 14.4. The van der Waals surface area contributed by atoms with Gasteiger partial charge >= 0.3 is 0 Å². The Labute approximate surface area is 161 Å².